The van der Waals surface area contributed by atoms with Crippen molar-refractivity contribution >= 4 is 106 Å². The smallest absolute Gasteiger partial charge is 0.319 e. The van der Waals surface area contributed by atoms with Gasteiger partial charge in [-0.05, 0) is 93.2 Å². The number of hydrogen-bond donors (Lipinski definition) is 7. The SMILES string of the molecule is CC(=O)[O][Pb]([O]C(C)=O)([O]C(C)=O)[O]C(C)=O.CCN.CCNC(=O)Nc1ccc(NC(=O)NCC)cc1.NC(=O)c1ccc(C(N)=O)cc1.O=C=Nc1ccc(N=C=O)cc1. The minimum atomic E-state index is -5.43. The molecule has 3 aromatic rings. The minimum Gasteiger partial charge on any atom is -0.366 e. The van der Waals surface area contributed by atoms with E-state index in [4.69, 9.17) is 17.2 Å². The van der Waals surface area contributed by atoms with Gasteiger partial charge in [0.05, 0.1) is 11.4 Å². The normalized spacial score (nSPS) is 9.16. The average Bonchev–Trinajstić information content (AvgIpc) is 3.17. The standard InChI is InChI=1S/C12H18N4O2.C8H4N2O2.C8H8N2O2.C2H7N.4C2H4O2.Pb/c1-3-13-11(17)15-9-5-7-10(8-6-9)16-12(18)14-4-2;11-5-9-7-1-2-8(4-3-7)10-6-12;9-7(11)5-1-2-6(4-3-5)8(10)12;1-2-3;4*1-2(3)4;/h5-8H,3-4H2,1-2H3,(H2,13,15,17)(H2,14,16,18);1-4H;1-4H,(H2,9,11)(H2,10,12);2-3H2,1H3;4*1H3,(H,3,4);/q;;;;;;;;+4/p-4. The molecule has 0 saturated heterocycles. The molecule has 24 heteroatoms. The summed E-state index contributed by atoms with van der Waals surface area (Å²) < 4.78 is 18.5. The Kier molecular flexibility index (Phi) is 29.8. The summed E-state index contributed by atoms with van der Waals surface area (Å²) in [6.07, 6.45) is 2.80. The molecule has 0 aliphatic rings. The molecule has 0 bridgehead atoms. The molecular formula is C38H49N9O14Pb. The van der Waals surface area contributed by atoms with Gasteiger partial charge in [-0.25, -0.2) is 19.2 Å². The van der Waals surface area contributed by atoms with E-state index in [-0.39, 0.29) is 12.1 Å². The average molecular weight is 1060 g/mol. The van der Waals surface area contributed by atoms with E-state index in [0.29, 0.717) is 47.0 Å². The van der Waals surface area contributed by atoms with Crippen LogP contribution in [0.5, 0.6) is 0 Å². The predicted molar refractivity (Wildman–Crippen MR) is 225 cm³/mol. The first-order chi connectivity index (χ1) is 29.2. The van der Waals surface area contributed by atoms with Crippen LogP contribution in [0.1, 0.15) is 69.2 Å². The summed E-state index contributed by atoms with van der Waals surface area (Å²) in [5.74, 6) is -4.56. The monoisotopic (exact) mass is 1060 g/mol. The maximum absolute atomic E-state index is 11.3. The Bertz CT molecular complexity index is 1820. The van der Waals surface area contributed by atoms with Crippen molar-refractivity contribution in [1.29, 1.82) is 0 Å². The summed E-state index contributed by atoms with van der Waals surface area (Å²) in [5.41, 5.74) is 17.8. The van der Waals surface area contributed by atoms with E-state index in [1.54, 1.807) is 48.5 Å². The number of carbonyl (C=O) groups excluding carboxylic acids is 10. The first-order valence-electron chi connectivity index (χ1n) is 17.8. The number of rotatable bonds is 12. The summed E-state index contributed by atoms with van der Waals surface area (Å²) >= 11 is -5.43. The van der Waals surface area contributed by atoms with Gasteiger partial charge in [-0.1, -0.05) is 6.92 Å². The Hall–Kier alpha value is -7.34. The van der Waals surface area contributed by atoms with Gasteiger partial charge < -0.3 is 38.5 Å². The second-order valence-electron chi connectivity index (χ2n) is 11.1. The molecule has 0 aliphatic carbocycles. The number of anilines is 2. The van der Waals surface area contributed by atoms with E-state index in [1.807, 2.05) is 20.8 Å². The molecule has 0 radical (unpaired) electrons. The molecule has 3 aromatic carbocycles. The molecule has 0 aromatic heterocycles. The number of isocyanates is 2. The van der Waals surface area contributed by atoms with Crippen molar-refractivity contribution in [1.82, 2.24) is 10.6 Å². The van der Waals surface area contributed by atoms with Crippen molar-refractivity contribution in [3.05, 3.63) is 83.9 Å². The number of amides is 6. The van der Waals surface area contributed by atoms with Crippen LogP contribution in [0.4, 0.5) is 32.3 Å². The largest absolute Gasteiger partial charge is 0.366 e. The van der Waals surface area contributed by atoms with Crippen LogP contribution in [-0.2, 0) is 39.5 Å². The van der Waals surface area contributed by atoms with Crippen molar-refractivity contribution in [2.24, 2.45) is 27.2 Å². The van der Waals surface area contributed by atoms with Crippen LogP contribution in [0.25, 0.3) is 0 Å². The van der Waals surface area contributed by atoms with E-state index >= 15 is 0 Å². The van der Waals surface area contributed by atoms with Gasteiger partial charge in [0.15, 0.2) is 0 Å². The van der Waals surface area contributed by atoms with Gasteiger partial charge in [0, 0.05) is 35.6 Å². The van der Waals surface area contributed by atoms with Gasteiger partial charge in [-0.2, -0.15) is 9.98 Å². The van der Waals surface area contributed by atoms with Crippen LogP contribution < -0.4 is 38.5 Å². The summed E-state index contributed by atoms with van der Waals surface area (Å²) in [4.78, 5) is 113. The third-order valence-electron chi connectivity index (χ3n) is 5.80. The van der Waals surface area contributed by atoms with Gasteiger partial charge in [-0.15, -0.1) is 0 Å². The van der Waals surface area contributed by atoms with E-state index in [0.717, 1.165) is 34.2 Å². The molecule has 334 valence electrons. The summed E-state index contributed by atoms with van der Waals surface area (Å²) in [6, 6.07) is 18.4. The molecule has 0 heterocycles. The molecule has 0 saturated carbocycles. The number of urea groups is 2. The zero-order chi connectivity index (χ0) is 47.7. The summed E-state index contributed by atoms with van der Waals surface area (Å²) in [6.45, 7) is 11.5. The molecule has 0 fully saturated rings. The summed E-state index contributed by atoms with van der Waals surface area (Å²) in [7, 11) is 0. The number of nitrogens with zero attached hydrogens (tertiary/aromatic N) is 2. The first-order valence-corrected chi connectivity index (χ1v) is 24.2. The second-order valence-corrected chi connectivity index (χ2v) is 18.1. The van der Waals surface area contributed by atoms with Crippen LogP contribution in [-0.4, -0.2) is 103 Å². The zero-order valence-corrected chi connectivity index (χ0v) is 38.8. The Labute approximate surface area is 363 Å². The molecular weight excluding hydrogens is 1010 g/mol. The number of nitrogens with two attached hydrogens (primary N) is 3. The van der Waals surface area contributed by atoms with Crippen molar-refractivity contribution < 1.29 is 58.7 Å². The second kappa shape index (κ2) is 32.5. The van der Waals surface area contributed by atoms with Crippen LogP contribution in [0, 0.1) is 0 Å². The van der Waals surface area contributed by atoms with Gasteiger partial charge in [0.25, 0.3) is 0 Å². The van der Waals surface area contributed by atoms with Gasteiger partial charge >= 0.3 is 117 Å². The van der Waals surface area contributed by atoms with Gasteiger partial charge in [0.1, 0.15) is 0 Å². The maximum atomic E-state index is 11.3. The molecule has 0 atom stereocenters. The fourth-order valence-electron chi connectivity index (χ4n) is 3.64. The number of nitrogens with one attached hydrogen (secondary N) is 4. The van der Waals surface area contributed by atoms with E-state index in [1.165, 1.54) is 36.4 Å². The van der Waals surface area contributed by atoms with Crippen LogP contribution >= 0.6 is 0 Å². The Morgan fingerprint density at radius 3 is 0.984 bits per heavy atom. The topological polar surface area (TPSA) is 359 Å². The number of benzene rings is 3. The fourth-order valence-corrected chi connectivity index (χ4v) is 10.1. The van der Waals surface area contributed by atoms with Gasteiger partial charge in [0.2, 0.25) is 24.0 Å². The van der Waals surface area contributed by atoms with Gasteiger partial charge in [-0.3, -0.25) is 9.59 Å². The molecule has 6 amide bonds. The summed E-state index contributed by atoms with van der Waals surface area (Å²) in [5, 5.41) is 10.6. The number of primary amides is 2. The first kappa shape index (κ1) is 56.8. The number of aliphatic imine (C=N–C) groups is 2. The molecule has 0 aliphatic heterocycles. The predicted octanol–water partition coefficient (Wildman–Crippen LogP) is 3.11. The molecule has 10 N–H and O–H groups in total. The fraction of sp³-hybridized carbons (Fsp3) is 0.263. The van der Waals surface area contributed by atoms with Crippen molar-refractivity contribution in [2.75, 3.05) is 30.3 Å². The Morgan fingerprint density at radius 2 is 0.790 bits per heavy atom. The van der Waals surface area contributed by atoms with E-state index in [2.05, 4.69) is 42.0 Å². The van der Waals surface area contributed by atoms with Crippen LogP contribution in [0.3, 0.4) is 0 Å². The third kappa shape index (κ3) is 28.1. The molecule has 0 unspecified atom stereocenters. The minimum absolute atomic E-state index is 0.248. The maximum Gasteiger partial charge on any atom is 0.319 e. The van der Waals surface area contributed by atoms with Crippen LogP contribution in [0.2, 0.25) is 0 Å². The number of carbonyl (C=O) groups is 8. The molecule has 23 nitrogen and oxygen atoms in total. The Balaban J connectivity index is 0. The van der Waals surface area contributed by atoms with E-state index in [9.17, 15) is 47.9 Å². The van der Waals surface area contributed by atoms with E-state index < -0.39 is 58.7 Å². The van der Waals surface area contributed by atoms with Crippen LogP contribution in [0.15, 0.2) is 82.8 Å². The molecule has 3 rings (SSSR count). The van der Waals surface area contributed by atoms with Crippen molar-refractivity contribution in [2.45, 2.75) is 48.5 Å². The quantitative estimate of drug-likeness (QED) is 0.0778. The van der Waals surface area contributed by atoms with Crippen molar-refractivity contribution in [3.63, 3.8) is 0 Å². The number of hydrogen-bond acceptors (Lipinski definition) is 17. The van der Waals surface area contributed by atoms with Crippen molar-refractivity contribution in [3.8, 4) is 0 Å². The molecule has 0 spiro atoms. The zero-order valence-electron chi connectivity index (χ0n) is 34.9. The third-order valence-corrected chi connectivity index (χ3v) is 14.2. The molecule has 62 heavy (non-hydrogen) atoms. The Morgan fingerprint density at radius 1 is 0.532 bits per heavy atom.